The molecular formula is C18H25ClN4O2. The average Bonchev–Trinajstić information content (AvgIpc) is 3.13. The molecule has 1 amide bonds. The molecular weight excluding hydrogens is 340 g/mol. The summed E-state index contributed by atoms with van der Waals surface area (Å²) >= 11 is 0. The van der Waals surface area contributed by atoms with Crippen LogP contribution in [0.5, 0.6) is 0 Å². The maximum absolute atomic E-state index is 12.6. The van der Waals surface area contributed by atoms with Crippen molar-refractivity contribution < 1.29 is 9.53 Å². The number of hydrogen-bond donors (Lipinski definition) is 2. The summed E-state index contributed by atoms with van der Waals surface area (Å²) in [6, 6.07) is 10.1. The van der Waals surface area contributed by atoms with E-state index in [4.69, 9.17) is 10.5 Å². The fraction of sp³-hybridized carbons (Fsp3) is 0.444. The van der Waals surface area contributed by atoms with Gasteiger partial charge in [0, 0.05) is 38.7 Å². The van der Waals surface area contributed by atoms with E-state index in [0.29, 0.717) is 39.1 Å². The summed E-state index contributed by atoms with van der Waals surface area (Å²) < 4.78 is 7.24. The summed E-state index contributed by atoms with van der Waals surface area (Å²) in [5.41, 5.74) is 7.63. The predicted octanol–water partition coefficient (Wildman–Crippen LogP) is 1.72. The SMILES string of the molecule is Cl.NCC1(C(=O)NCc2cccc(Cn3cccn3)c2)CCOCC1. The zero-order valence-electron chi connectivity index (χ0n) is 14.2. The van der Waals surface area contributed by atoms with Gasteiger partial charge in [-0.3, -0.25) is 9.48 Å². The summed E-state index contributed by atoms with van der Waals surface area (Å²) in [7, 11) is 0. The minimum absolute atomic E-state index is 0. The van der Waals surface area contributed by atoms with Crippen molar-refractivity contribution in [2.24, 2.45) is 11.1 Å². The van der Waals surface area contributed by atoms with Gasteiger partial charge >= 0.3 is 0 Å². The van der Waals surface area contributed by atoms with Gasteiger partial charge in [-0.25, -0.2) is 0 Å². The molecule has 0 unspecified atom stereocenters. The number of nitrogens with one attached hydrogen (secondary N) is 1. The molecule has 1 aliphatic rings. The van der Waals surface area contributed by atoms with Crippen LogP contribution in [0.2, 0.25) is 0 Å². The molecule has 6 nitrogen and oxygen atoms in total. The van der Waals surface area contributed by atoms with Gasteiger partial charge in [-0.2, -0.15) is 5.10 Å². The predicted molar refractivity (Wildman–Crippen MR) is 98.4 cm³/mol. The summed E-state index contributed by atoms with van der Waals surface area (Å²) in [6.07, 6.45) is 5.08. The number of nitrogens with two attached hydrogens (primary N) is 1. The monoisotopic (exact) mass is 364 g/mol. The van der Waals surface area contributed by atoms with Gasteiger partial charge < -0.3 is 15.8 Å². The maximum Gasteiger partial charge on any atom is 0.227 e. The maximum atomic E-state index is 12.6. The Balaban J connectivity index is 0.00000225. The van der Waals surface area contributed by atoms with Crippen LogP contribution in [0.15, 0.2) is 42.7 Å². The molecule has 0 saturated carbocycles. The van der Waals surface area contributed by atoms with Crippen LogP contribution in [-0.4, -0.2) is 35.4 Å². The third-order valence-electron chi connectivity index (χ3n) is 4.67. The van der Waals surface area contributed by atoms with Gasteiger partial charge in [-0.05, 0) is 30.0 Å². The molecule has 0 bridgehead atoms. The summed E-state index contributed by atoms with van der Waals surface area (Å²) in [6.45, 7) is 2.79. The van der Waals surface area contributed by atoms with Gasteiger partial charge in [0.1, 0.15) is 0 Å². The third-order valence-corrected chi connectivity index (χ3v) is 4.67. The van der Waals surface area contributed by atoms with Crippen LogP contribution in [0.3, 0.4) is 0 Å². The fourth-order valence-corrected chi connectivity index (χ4v) is 3.07. The number of carbonyl (C=O) groups is 1. The summed E-state index contributed by atoms with van der Waals surface area (Å²) in [5, 5.41) is 7.27. The summed E-state index contributed by atoms with van der Waals surface area (Å²) in [4.78, 5) is 12.6. The van der Waals surface area contributed by atoms with Crippen LogP contribution in [0.25, 0.3) is 0 Å². The van der Waals surface area contributed by atoms with Crippen molar-refractivity contribution in [1.29, 1.82) is 0 Å². The van der Waals surface area contributed by atoms with Gasteiger partial charge in [0.2, 0.25) is 5.91 Å². The van der Waals surface area contributed by atoms with Crippen LogP contribution >= 0.6 is 12.4 Å². The second kappa shape index (κ2) is 8.99. The van der Waals surface area contributed by atoms with Crippen molar-refractivity contribution >= 4 is 18.3 Å². The molecule has 0 spiro atoms. The molecule has 0 atom stereocenters. The van der Waals surface area contributed by atoms with E-state index >= 15 is 0 Å². The van der Waals surface area contributed by atoms with Crippen molar-refractivity contribution in [3.8, 4) is 0 Å². The quantitative estimate of drug-likeness (QED) is 0.817. The molecule has 1 fully saturated rings. The molecule has 1 aliphatic heterocycles. The number of carbonyl (C=O) groups excluding carboxylic acids is 1. The first-order valence-corrected chi connectivity index (χ1v) is 8.33. The van der Waals surface area contributed by atoms with E-state index in [-0.39, 0.29) is 18.3 Å². The van der Waals surface area contributed by atoms with E-state index < -0.39 is 5.41 Å². The second-order valence-electron chi connectivity index (χ2n) is 6.30. The van der Waals surface area contributed by atoms with Crippen LogP contribution in [0, 0.1) is 5.41 Å². The van der Waals surface area contributed by atoms with Gasteiger partial charge in [0.25, 0.3) is 0 Å². The molecule has 7 heteroatoms. The number of benzene rings is 1. The lowest BCUT2D eigenvalue weighted by molar-refractivity contribution is -0.136. The number of rotatable bonds is 6. The first-order chi connectivity index (χ1) is 11.7. The smallest absolute Gasteiger partial charge is 0.227 e. The largest absolute Gasteiger partial charge is 0.381 e. The standard InChI is InChI=1S/C18H24N4O2.ClH/c19-14-18(5-9-24-10-6-18)17(23)20-12-15-3-1-4-16(11-15)13-22-8-2-7-21-22;/h1-4,7-8,11H,5-6,9-10,12-14,19H2,(H,20,23);1H. The zero-order chi connectivity index (χ0) is 16.8. The zero-order valence-corrected chi connectivity index (χ0v) is 15.0. The molecule has 3 rings (SSSR count). The van der Waals surface area contributed by atoms with E-state index in [1.165, 1.54) is 0 Å². The lowest BCUT2D eigenvalue weighted by Crippen LogP contribution is -2.48. The number of nitrogens with zero attached hydrogens (tertiary/aromatic N) is 2. The number of aromatic nitrogens is 2. The normalized spacial score (nSPS) is 16.0. The molecule has 0 aliphatic carbocycles. The number of hydrogen-bond acceptors (Lipinski definition) is 4. The Labute approximate surface area is 154 Å². The summed E-state index contributed by atoms with van der Waals surface area (Å²) in [5.74, 6) is 0.0331. The Hall–Kier alpha value is -1.89. The highest BCUT2D eigenvalue weighted by atomic mass is 35.5. The molecule has 1 saturated heterocycles. The van der Waals surface area contributed by atoms with E-state index in [2.05, 4.69) is 22.5 Å². The molecule has 136 valence electrons. The fourth-order valence-electron chi connectivity index (χ4n) is 3.07. The van der Waals surface area contributed by atoms with Gasteiger partial charge in [0.15, 0.2) is 0 Å². The van der Waals surface area contributed by atoms with Gasteiger partial charge in [-0.1, -0.05) is 24.3 Å². The molecule has 2 aromatic rings. The molecule has 3 N–H and O–H groups in total. The van der Waals surface area contributed by atoms with Crippen molar-refractivity contribution in [1.82, 2.24) is 15.1 Å². The van der Waals surface area contributed by atoms with Crippen LogP contribution in [0.4, 0.5) is 0 Å². The van der Waals surface area contributed by atoms with E-state index in [9.17, 15) is 4.79 Å². The number of amides is 1. The minimum atomic E-state index is -0.481. The highest BCUT2D eigenvalue weighted by Crippen LogP contribution is 2.29. The van der Waals surface area contributed by atoms with E-state index in [0.717, 1.165) is 17.7 Å². The Morgan fingerprint density at radius 2 is 2.04 bits per heavy atom. The lowest BCUT2D eigenvalue weighted by atomic mass is 9.79. The Bertz CT molecular complexity index is 669. The molecule has 25 heavy (non-hydrogen) atoms. The topological polar surface area (TPSA) is 82.2 Å². The van der Waals surface area contributed by atoms with Crippen LogP contribution in [-0.2, 0) is 22.6 Å². The van der Waals surface area contributed by atoms with Crippen molar-refractivity contribution in [3.63, 3.8) is 0 Å². The van der Waals surface area contributed by atoms with Crippen molar-refractivity contribution in [2.75, 3.05) is 19.8 Å². The molecule has 0 radical (unpaired) electrons. The molecule has 1 aromatic heterocycles. The first kappa shape index (κ1) is 19.4. The molecule has 1 aromatic carbocycles. The van der Waals surface area contributed by atoms with Crippen molar-refractivity contribution in [2.45, 2.75) is 25.9 Å². The van der Waals surface area contributed by atoms with Gasteiger partial charge in [0.05, 0.1) is 12.0 Å². The third kappa shape index (κ3) is 4.81. The van der Waals surface area contributed by atoms with Crippen molar-refractivity contribution in [3.05, 3.63) is 53.9 Å². The Kier molecular flexibility index (Phi) is 6.99. The number of halogens is 1. The average molecular weight is 365 g/mol. The highest BCUT2D eigenvalue weighted by molar-refractivity contribution is 5.85. The molecule has 2 heterocycles. The Morgan fingerprint density at radius 3 is 2.72 bits per heavy atom. The first-order valence-electron chi connectivity index (χ1n) is 8.33. The van der Waals surface area contributed by atoms with Crippen LogP contribution < -0.4 is 11.1 Å². The Morgan fingerprint density at radius 1 is 1.28 bits per heavy atom. The second-order valence-corrected chi connectivity index (χ2v) is 6.30. The lowest BCUT2D eigenvalue weighted by Gasteiger charge is -2.34. The minimum Gasteiger partial charge on any atom is -0.381 e. The van der Waals surface area contributed by atoms with Gasteiger partial charge in [-0.15, -0.1) is 12.4 Å². The van der Waals surface area contributed by atoms with Crippen LogP contribution in [0.1, 0.15) is 24.0 Å². The number of ether oxygens (including phenoxy) is 1. The van der Waals surface area contributed by atoms with E-state index in [1.807, 2.05) is 29.1 Å². The highest BCUT2D eigenvalue weighted by Gasteiger charge is 2.38. The van der Waals surface area contributed by atoms with E-state index in [1.54, 1.807) is 6.20 Å².